The van der Waals surface area contributed by atoms with E-state index in [0.29, 0.717) is 34.8 Å². The van der Waals surface area contributed by atoms with Crippen LogP contribution >= 0.6 is 11.6 Å². The Hall–Kier alpha value is -2.24. The van der Waals surface area contributed by atoms with Crippen LogP contribution in [0.15, 0.2) is 42.5 Å². The third kappa shape index (κ3) is 3.05. The Bertz CT molecular complexity index is 754. The Balaban J connectivity index is 1.64. The maximum atomic E-state index is 13.8. The van der Waals surface area contributed by atoms with Crippen LogP contribution in [0.2, 0.25) is 5.02 Å². The minimum Gasteiger partial charge on any atom is -0.332 e. The van der Waals surface area contributed by atoms with Crippen LogP contribution in [-0.4, -0.2) is 36.9 Å². The highest BCUT2D eigenvalue weighted by molar-refractivity contribution is 6.31. The van der Waals surface area contributed by atoms with Crippen molar-refractivity contribution in [2.45, 2.75) is 6.54 Å². The van der Waals surface area contributed by atoms with Crippen LogP contribution in [0.3, 0.4) is 0 Å². The molecule has 0 aliphatic carbocycles. The molecule has 0 aromatic heterocycles. The molecule has 4 nitrogen and oxygen atoms in total. The number of quaternary nitrogens is 1. The molecule has 0 fully saturated rings. The molecule has 124 valence electrons. The molecule has 1 N–H and O–H groups in total. The Morgan fingerprint density at radius 1 is 1.04 bits per heavy atom. The number of amides is 2. The lowest BCUT2D eigenvalue weighted by molar-refractivity contribution is -0.893. The van der Waals surface area contributed by atoms with Gasteiger partial charge in [0.25, 0.3) is 11.8 Å². The van der Waals surface area contributed by atoms with Gasteiger partial charge in [-0.05, 0) is 24.3 Å². The third-order valence-electron chi connectivity index (χ3n) is 4.18. The van der Waals surface area contributed by atoms with Crippen molar-refractivity contribution in [3.63, 3.8) is 0 Å². The number of hydrogen-bond acceptors (Lipinski definition) is 2. The zero-order valence-electron chi connectivity index (χ0n) is 13.2. The number of rotatable bonds is 5. The monoisotopic (exact) mass is 347 g/mol. The standard InChI is InChI=1S/C18H16ClFN2O2/c1-21(11-14-15(19)7-4-8-16(14)20)9-10-22-17(23)12-5-2-3-6-13(12)18(22)24/h2-8H,9-11H2,1H3/p+1. The summed E-state index contributed by atoms with van der Waals surface area (Å²) in [6.07, 6.45) is 0. The molecule has 0 saturated carbocycles. The molecule has 2 aromatic carbocycles. The molecule has 2 aromatic rings. The lowest BCUT2D eigenvalue weighted by Gasteiger charge is -2.19. The first-order valence-corrected chi connectivity index (χ1v) is 8.06. The summed E-state index contributed by atoms with van der Waals surface area (Å²) >= 11 is 6.04. The molecule has 1 heterocycles. The van der Waals surface area contributed by atoms with E-state index in [9.17, 15) is 14.0 Å². The summed E-state index contributed by atoms with van der Waals surface area (Å²) in [5.41, 5.74) is 1.33. The van der Waals surface area contributed by atoms with Crippen LogP contribution in [0.5, 0.6) is 0 Å². The van der Waals surface area contributed by atoms with Crippen molar-refractivity contribution in [3.05, 3.63) is 70.0 Å². The van der Waals surface area contributed by atoms with E-state index in [1.54, 1.807) is 36.4 Å². The second-order valence-corrected chi connectivity index (χ2v) is 6.30. The van der Waals surface area contributed by atoms with Crippen molar-refractivity contribution in [2.24, 2.45) is 0 Å². The number of hydrogen-bond donors (Lipinski definition) is 1. The fourth-order valence-corrected chi connectivity index (χ4v) is 3.07. The quantitative estimate of drug-likeness (QED) is 0.838. The molecular weight excluding hydrogens is 331 g/mol. The third-order valence-corrected chi connectivity index (χ3v) is 4.53. The molecule has 3 rings (SSSR count). The van der Waals surface area contributed by atoms with Crippen molar-refractivity contribution in [1.82, 2.24) is 4.90 Å². The molecule has 0 spiro atoms. The number of likely N-dealkylation sites (N-methyl/N-ethyl adjacent to an activating group) is 1. The molecule has 2 amide bonds. The van der Waals surface area contributed by atoms with Crippen molar-refractivity contribution in [1.29, 1.82) is 0 Å². The highest BCUT2D eigenvalue weighted by Gasteiger charge is 2.35. The molecule has 0 bridgehead atoms. The number of carbonyl (C=O) groups is 2. The lowest BCUT2D eigenvalue weighted by atomic mass is 10.1. The van der Waals surface area contributed by atoms with Gasteiger partial charge in [0.05, 0.1) is 41.9 Å². The highest BCUT2D eigenvalue weighted by atomic mass is 35.5. The Kier molecular flexibility index (Phi) is 4.64. The van der Waals surface area contributed by atoms with Gasteiger partial charge >= 0.3 is 0 Å². The van der Waals surface area contributed by atoms with Crippen LogP contribution in [-0.2, 0) is 6.54 Å². The zero-order valence-corrected chi connectivity index (χ0v) is 13.9. The lowest BCUT2D eigenvalue weighted by Crippen LogP contribution is -3.08. The summed E-state index contributed by atoms with van der Waals surface area (Å²) in [6, 6.07) is 11.4. The molecule has 24 heavy (non-hydrogen) atoms. The second kappa shape index (κ2) is 6.71. The Morgan fingerprint density at radius 3 is 2.25 bits per heavy atom. The summed E-state index contributed by atoms with van der Waals surface area (Å²) in [7, 11) is 1.88. The average molecular weight is 348 g/mol. The molecule has 1 aliphatic heterocycles. The van der Waals surface area contributed by atoms with Gasteiger partial charge in [-0.25, -0.2) is 4.39 Å². The topological polar surface area (TPSA) is 41.8 Å². The van der Waals surface area contributed by atoms with Gasteiger partial charge in [0.1, 0.15) is 12.4 Å². The van der Waals surface area contributed by atoms with Crippen molar-refractivity contribution >= 4 is 23.4 Å². The second-order valence-electron chi connectivity index (χ2n) is 5.89. The van der Waals surface area contributed by atoms with Gasteiger partial charge in [-0.1, -0.05) is 29.8 Å². The van der Waals surface area contributed by atoms with E-state index in [2.05, 4.69) is 0 Å². The van der Waals surface area contributed by atoms with Crippen LogP contribution in [0, 0.1) is 5.82 Å². The van der Waals surface area contributed by atoms with E-state index in [-0.39, 0.29) is 24.2 Å². The first-order chi connectivity index (χ1) is 11.5. The maximum absolute atomic E-state index is 13.8. The smallest absolute Gasteiger partial charge is 0.261 e. The molecular formula is C18H17ClFN2O2+. The number of nitrogens with zero attached hydrogens (tertiary/aromatic N) is 1. The summed E-state index contributed by atoms with van der Waals surface area (Å²) in [5, 5.41) is 0.384. The fraction of sp³-hybridized carbons (Fsp3) is 0.222. The number of halogens is 2. The summed E-state index contributed by atoms with van der Waals surface area (Å²) < 4.78 is 13.8. The normalized spacial score (nSPS) is 14.9. The minimum atomic E-state index is -0.345. The predicted octanol–water partition coefficient (Wildman–Crippen LogP) is 1.79. The number of nitrogens with one attached hydrogen (secondary N) is 1. The highest BCUT2D eigenvalue weighted by Crippen LogP contribution is 2.21. The maximum Gasteiger partial charge on any atom is 0.261 e. The van der Waals surface area contributed by atoms with Crippen LogP contribution < -0.4 is 4.90 Å². The predicted molar refractivity (Wildman–Crippen MR) is 88.7 cm³/mol. The summed E-state index contributed by atoms with van der Waals surface area (Å²) in [5.74, 6) is -0.887. The van der Waals surface area contributed by atoms with E-state index in [1.165, 1.54) is 11.0 Å². The van der Waals surface area contributed by atoms with Crippen LogP contribution in [0.1, 0.15) is 26.3 Å². The van der Waals surface area contributed by atoms with Crippen molar-refractivity contribution < 1.29 is 18.9 Å². The van der Waals surface area contributed by atoms with Gasteiger partial charge in [-0.15, -0.1) is 0 Å². The van der Waals surface area contributed by atoms with E-state index in [0.717, 1.165) is 4.90 Å². The zero-order chi connectivity index (χ0) is 17.3. The Labute approximate surface area is 144 Å². The molecule has 0 saturated heterocycles. The molecule has 1 atom stereocenters. The number of benzene rings is 2. The van der Waals surface area contributed by atoms with Crippen molar-refractivity contribution in [2.75, 3.05) is 20.1 Å². The van der Waals surface area contributed by atoms with Crippen molar-refractivity contribution in [3.8, 4) is 0 Å². The van der Waals surface area contributed by atoms with Crippen LogP contribution in [0.4, 0.5) is 4.39 Å². The minimum absolute atomic E-state index is 0.271. The average Bonchev–Trinajstić information content (AvgIpc) is 2.81. The fourth-order valence-electron chi connectivity index (χ4n) is 2.84. The first kappa shape index (κ1) is 16.6. The molecule has 0 radical (unpaired) electrons. The molecule has 1 aliphatic rings. The summed E-state index contributed by atoms with van der Waals surface area (Å²) in [4.78, 5) is 26.8. The van der Waals surface area contributed by atoms with E-state index in [1.807, 2.05) is 7.05 Å². The van der Waals surface area contributed by atoms with Gasteiger partial charge < -0.3 is 4.90 Å². The van der Waals surface area contributed by atoms with Gasteiger partial charge in [-0.3, -0.25) is 14.5 Å². The van der Waals surface area contributed by atoms with E-state index >= 15 is 0 Å². The Morgan fingerprint density at radius 2 is 1.67 bits per heavy atom. The first-order valence-electron chi connectivity index (χ1n) is 7.68. The number of imide groups is 1. The SMILES string of the molecule is C[NH+](CCN1C(=O)c2ccccc2C1=O)Cc1c(F)cccc1Cl. The number of carbonyl (C=O) groups excluding carboxylic acids is 2. The van der Waals surface area contributed by atoms with Gasteiger partial charge in [0, 0.05) is 0 Å². The van der Waals surface area contributed by atoms with Gasteiger partial charge in [-0.2, -0.15) is 0 Å². The van der Waals surface area contributed by atoms with E-state index in [4.69, 9.17) is 11.6 Å². The van der Waals surface area contributed by atoms with Gasteiger partial charge in [0.15, 0.2) is 0 Å². The van der Waals surface area contributed by atoms with E-state index < -0.39 is 0 Å². The van der Waals surface area contributed by atoms with Crippen LogP contribution in [0.25, 0.3) is 0 Å². The number of fused-ring (bicyclic) bond motifs is 1. The molecule has 6 heteroatoms. The molecule has 1 unspecified atom stereocenters. The largest absolute Gasteiger partial charge is 0.332 e. The van der Waals surface area contributed by atoms with Gasteiger partial charge in [0.2, 0.25) is 0 Å². The summed E-state index contributed by atoms with van der Waals surface area (Å²) in [6.45, 7) is 1.18.